The minimum Gasteiger partial charge on any atom is -0.501 e. The summed E-state index contributed by atoms with van der Waals surface area (Å²) in [7, 11) is 0. The molecule has 74 valence electrons. The van der Waals surface area contributed by atoms with E-state index in [1.165, 1.54) is 0 Å². The van der Waals surface area contributed by atoms with Crippen LogP contribution in [0.5, 0.6) is 0 Å². The first kappa shape index (κ1) is 10.6. The maximum absolute atomic E-state index is 11.5. The average Bonchev–Trinajstić information content (AvgIpc) is 2.15. The highest BCUT2D eigenvalue weighted by molar-refractivity contribution is 8.00. The Balaban J connectivity index is 2.34. The molecule has 0 N–H and O–H groups in total. The fourth-order valence-corrected chi connectivity index (χ4v) is 1.77. The summed E-state index contributed by atoms with van der Waals surface area (Å²) in [5.41, 5.74) is 0.861. The highest BCUT2D eigenvalue weighted by Crippen LogP contribution is 2.17. The van der Waals surface area contributed by atoms with E-state index < -0.39 is 0 Å². The Morgan fingerprint density at radius 1 is 1.69 bits per heavy atom. The third-order valence-electron chi connectivity index (χ3n) is 1.84. The zero-order valence-corrected chi connectivity index (χ0v) is 9.02. The van der Waals surface area contributed by atoms with Crippen molar-refractivity contribution in [3.63, 3.8) is 0 Å². The number of rotatable bonds is 4. The van der Waals surface area contributed by atoms with Crippen LogP contribution in [0.4, 0.5) is 0 Å². The van der Waals surface area contributed by atoms with Gasteiger partial charge in [0.15, 0.2) is 5.78 Å². The predicted octanol–water partition coefficient (Wildman–Crippen LogP) is 2.39. The standard InChI is InChI=1S/C10H16O2S/c1-8(2)13-7-10(11)9-4-3-5-12-6-9/h6,8H,3-5,7H2,1-2H3. The molecule has 0 atom stereocenters. The Morgan fingerprint density at radius 3 is 3.00 bits per heavy atom. The smallest absolute Gasteiger partial charge is 0.171 e. The molecule has 0 aromatic heterocycles. The molecule has 0 aliphatic carbocycles. The zero-order chi connectivity index (χ0) is 9.68. The van der Waals surface area contributed by atoms with Crippen LogP contribution >= 0.6 is 11.8 Å². The highest BCUT2D eigenvalue weighted by Gasteiger charge is 2.13. The van der Waals surface area contributed by atoms with E-state index in [0.717, 1.165) is 25.0 Å². The number of ether oxygens (including phenoxy) is 1. The molecule has 0 aromatic carbocycles. The summed E-state index contributed by atoms with van der Waals surface area (Å²) in [6, 6.07) is 0. The van der Waals surface area contributed by atoms with Crippen molar-refractivity contribution in [1.82, 2.24) is 0 Å². The largest absolute Gasteiger partial charge is 0.501 e. The van der Waals surface area contributed by atoms with Gasteiger partial charge in [-0.3, -0.25) is 4.79 Å². The molecule has 0 radical (unpaired) electrons. The molecule has 1 heterocycles. The van der Waals surface area contributed by atoms with Crippen LogP contribution in [0, 0.1) is 0 Å². The van der Waals surface area contributed by atoms with E-state index in [9.17, 15) is 4.79 Å². The topological polar surface area (TPSA) is 26.3 Å². The molecule has 0 amide bonds. The third kappa shape index (κ3) is 3.85. The predicted molar refractivity (Wildman–Crippen MR) is 55.9 cm³/mol. The van der Waals surface area contributed by atoms with Crippen LogP contribution < -0.4 is 0 Å². The van der Waals surface area contributed by atoms with Crippen molar-refractivity contribution in [3.8, 4) is 0 Å². The van der Waals surface area contributed by atoms with E-state index in [1.807, 2.05) is 0 Å². The van der Waals surface area contributed by atoms with E-state index in [2.05, 4.69) is 13.8 Å². The van der Waals surface area contributed by atoms with Gasteiger partial charge in [-0.25, -0.2) is 0 Å². The molecule has 13 heavy (non-hydrogen) atoms. The second-order valence-electron chi connectivity index (χ2n) is 3.40. The van der Waals surface area contributed by atoms with Crippen molar-refractivity contribution < 1.29 is 9.53 Å². The van der Waals surface area contributed by atoms with Gasteiger partial charge >= 0.3 is 0 Å². The Bertz CT molecular complexity index is 209. The number of hydrogen-bond donors (Lipinski definition) is 0. The first-order chi connectivity index (χ1) is 6.20. The summed E-state index contributed by atoms with van der Waals surface area (Å²) >= 11 is 1.69. The Hall–Kier alpha value is -0.440. The lowest BCUT2D eigenvalue weighted by Gasteiger charge is -2.12. The van der Waals surface area contributed by atoms with Crippen LogP contribution in [0.3, 0.4) is 0 Å². The van der Waals surface area contributed by atoms with E-state index in [4.69, 9.17) is 4.74 Å². The minimum absolute atomic E-state index is 0.235. The summed E-state index contributed by atoms with van der Waals surface area (Å²) in [5, 5.41) is 0.522. The molecule has 0 fully saturated rings. The quantitative estimate of drug-likeness (QED) is 0.697. The third-order valence-corrected chi connectivity index (χ3v) is 2.94. The molecular weight excluding hydrogens is 184 g/mol. The molecule has 0 spiro atoms. The van der Waals surface area contributed by atoms with Crippen LogP contribution in [-0.2, 0) is 9.53 Å². The van der Waals surface area contributed by atoms with Crippen molar-refractivity contribution >= 4 is 17.5 Å². The fraction of sp³-hybridized carbons (Fsp3) is 0.700. The number of thioether (sulfide) groups is 1. The number of allylic oxidation sites excluding steroid dienone is 1. The zero-order valence-electron chi connectivity index (χ0n) is 8.21. The maximum Gasteiger partial charge on any atom is 0.171 e. The normalized spacial score (nSPS) is 16.7. The van der Waals surface area contributed by atoms with Gasteiger partial charge in [0.05, 0.1) is 18.6 Å². The van der Waals surface area contributed by atoms with Gasteiger partial charge in [-0.15, -0.1) is 0 Å². The average molecular weight is 200 g/mol. The van der Waals surface area contributed by atoms with Gasteiger partial charge in [-0.05, 0) is 18.1 Å². The molecule has 0 saturated heterocycles. The summed E-state index contributed by atoms with van der Waals surface area (Å²) in [5.74, 6) is 0.825. The number of hydrogen-bond acceptors (Lipinski definition) is 3. The van der Waals surface area contributed by atoms with Gasteiger partial charge in [0.25, 0.3) is 0 Å². The molecular formula is C10H16O2S. The Labute approximate surface area is 83.7 Å². The summed E-state index contributed by atoms with van der Waals surface area (Å²) < 4.78 is 5.12. The summed E-state index contributed by atoms with van der Waals surface area (Å²) in [6.45, 7) is 4.96. The Kier molecular flexibility index (Phi) is 4.36. The lowest BCUT2D eigenvalue weighted by atomic mass is 10.1. The van der Waals surface area contributed by atoms with E-state index in [0.29, 0.717) is 11.0 Å². The lowest BCUT2D eigenvalue weighted by molar-refractivity contribution is -0.113. The van der Waals surface area contributed by atoms with E-state index >= 15 is 0 Å². The molecule has 2 nitrogen and oxygen atoms in total. The van der Waals surface area contributed by atoms with Crippen molar-refractivity contribution in [1.29, 1.82) is 0 Å². The molecule has 3 heteroatoms. The van der Waals surface area contributed by atoms with Gasteiger partial charge in [-0.2, -0.15) is 11.8 Å². The van der Waals surface area contributed by atoms with Gasteiger partial charge in [0.2, 0.25) is 0 Å². The first-order valence-electron chi connectivity index (χ1n) is 4.65. The number of ketones is 1. The molecule has 0 saturated carbocycles. The van der Waals surface area contributed by atoms with Gasteiger partial charge in [0.1, 0.15) is 0 Å². The van der Waals surface area contributed by atoms with Gasteiger partial charge in [0, 0.05) is 5.57 Å². The summed E-state index contributed by atoms with van der Waals surface area (Å²) in [6.07, 6.45) is 3.49. The maximum atomic E-state index is 11.5. The fourth-order valence-electron chi connectivity index (χ4n) is 1.10. The van der Waals surface area contributed by atoms with Crippen LogP contribution in [0.15, 0.2) is 11.8 Å². The van der Waals surface area contributed by atoms with Gasteiger partial charge in [-0.1, -0.05) is 13.8 Å². The van der Waals surface area contributed by atoms with E-state index in [-0.39, 0.29) is 5.78 Å². The Morgan fingerprint density at radius 2 is 2.46 bits per heavy atom. The molecule has 0 unspecified atom stereocenters. The van der Waals surface area contributed by atoms with Crippen molar-refractivity contribution in [2.75, 3.05) is 12.4 Å². The first-order valence-corrected chi connectivity index (χ1v) is 5.70. The highest BCUT2D eigenvalue weighted by atomic mass is 32.2. The molecule has 0 bridgehead atoms. The van der Waals surface area contributed by atoms with E-state index in [1.54, 1.807) is 18.0 Å². The van der Waals surface area contributed by atoms with Crippen molar-refractivity contribution in [2.45, 2.75) is 31.9 Å². The molecule has 1 aliphatic rings. The second kappa shape index (κ2) is 5.32. The van der Waals surface area contributed by atoms with Crippen LogP contribution in [0.2, 0.25) is 0 Å². The SMILES string of the molecule is CC(C)SCC(=O)C1=COCCC1. The molecule has 1 rings (SSSR count). The lowest BCUT2D eigenvalue weighted by Crippen LogP contribution is -2.12. The number of Topliss-reactive ketones (excluding diaryl/α,β-unsaturated/α-hetero) is 1. The van der Waals surface area contributed by atoms with Crippen molar-refractivity contribution in [3.05, 3.63) is 11.8 Å². The van der Waals surface area contributed by atoms with Crippen LogP contribution in [-0.4, -0.2) is 23.4 Å². The number of carbonyl (C=O) groups excluding carboxylic acids is 1. The molecule has 1 aliphatic heterocycles. The van der Waals surface area contributed by atoms with Crippen LogP contribution in [0.1, 0.15) is 26.7 Å². The van der Waals surface area contributed by atoms with Crippen LogP contribution in [0.25, 0.3) is 0 Å². The second-order valence-corrected chi connectivity index (χ2v) is 4.97. The molecule has 0 aromatic rings. The summed E-state index contributed by atoms with van der Waals surface area (Å²) in [4.78, 5) is 11.5. The minimum atomic E-state index is 0.235. The monoisotopic (exact) mass is 200 g/mol. The van der Waals surface area contributed by atoms with Gasteiger partial charge < -0.3 is 4.74 Å². The number of carbonyl (C=O) groups is 1. The van der Waals surface area contributed by atoms with Crippen molar-refractivity contribution in [2.24, 2.45) is 0 Å².